The van der Waals surface area contributed by atoms with Gasteiger partial charge in [-0.15, -0.1) is 11.3 Å². The highest BCUT2D eigenvalue weighted by Crippen LogP contribution is 2.36. The largest absolute Gasteiger partial charge is 0.322 e. The zero-order chi connectivity index (χ0) is 22.4. The van der Waals surface area contributed by atoms with Gasteiger partial charge in [0.1, 0.15) is 11.9 Å². The van der Waals surface area contributed by atoms with Gasteiger partial charge in [0.05, 0.1) is 0 Å². The van der Waals surface area contributed by atoms with Crippen molar-refractivity contribution < 1.29 is 18.8 Å². The summed E-state index contributed by atoms with van der Waals surface area (Å²) in [5.74, 6) is -1.31. The van der Waals surface area contributed by atoms with Gasteiger partial charge in [-0.25, -0.2) is 4.39 Å². The summed E-state index contributed by atoms with van der Waals surface area (Å²) in [6.07, 6.45) is 2.28. The van der Waals surface area contributed by atoms with Crippen LogP contribution in [0.15, 0.2) is 23.6 Å². The number of carbonyl (C=O) groups is 3. The number of likely N-dealkylation sites (tertiary alicyclic amines) is 1. The Hall–Kier alpha value is -2.58. The number of amides is 3. The molecule has 3 aliphatic heterocycles. The van der Waals surface area contributed by atoms with Crippen molar-refractivity contribution in [3.8, 4) is 0 Å². The predicted octanol–water partition coefficient (Wildman–Crippen LogP) is 3.34. The third kappa shape index (κ3) is 3.86. The standard InChI is InChI=1S/C24H26FN3O3S/c1-14-6-9-32-21(14)13-27-7-4-15(5-8-27)17-10-16-12-28(24(31)18(16)11-19(17)25)20-2-3-22(29)26-23(20)30/h6,9-11,15,20H,2-5,7-8,12-13H2,1H3,(H,26,29,30). The molecule has 1 aromatic carbocycles. The Balaban J connectivity index is 1.28. The number of aryl methyl sites for hydroxylation is 1. The number of nitrogens with one attached hydrogen (secondary N) is 1. The molecule has 1 unspecified atom stereocenters. The monoisotopic (exact) mass is 455 g/mol. The Morgan fingerprint density at radius 1 is 1.16 bits per heavy atom. The quantitative estimate of drug-likeness (QED) is 0.718. The fourth-order valence-corrected chi connectivity index (χ4v) is 6.04. The minimum Gasteiger partial charge on any atom is -0.322 e. The Morgan fingerprint density at radius 2 is 1.94 bits per heavy atom. The summed E-state index contributed by atoms with van der Waals surface area (Å²) < 4.78 is 15.0. The fraction of sp³-hybridized carbons (Fsp3) is 0.458. The normalized spacial score (nSPS) is 22.4. The number of imide groups is 1. The number of hydrogen-bond acceptors (Lipinski definition) is 5. The van der Waals surface area contributed by atoms with E-state index in [0.29, 0.717) is 17.5 Å². The molecule has 0 spiro atoms. The molecular weight excluding hydrogens is 429 g/mol. The van der Waals surface area contributed by atoms with Gasteiger partial charge in [-0.2, -0.15) is 0 Å². The molecule has 0 aliphatic carbocycles. The van der Waals surface area contributed by atoms with Crippen molar-refractivity contribution in [2.75, 3.05) is 13.1 Å². The van der Waals surface area contributed by atoms with Gasteiger partial charge in [0.25, 0.3) is 5.91 Å². The van der Waals surface area contributed by atoms with Crippen LogP contribution in [-0.4, -0.2) is 46.7 Å². The van der Waals surface area contributed by atoms with Crippen LogP contribution >= 0.6 is 11.3 Å². The molecule has 32 heavy (non-hydrogen) atoms. The summed E-state index contributed by atoms with van der Waals surface area (Å²) >= 11 is 1.78. The number of fused-ring (bicyclic) bond motifs is 1. The van der Waals surface area contributed by atoms with E-state index in [1.54, 1.807) is 11.3 Å². The second-order valence-electron chi connectivity index (χ2n) is 9.01. The first-order chi connectivity index (χ1) is 15.4. The number of thiophene rings is 1. The van der Waals surface area contributed by atoms with Crippen LogP contribution in [0.2, 0.25) is 0 Å². The average molecular weight is 456 g/mol. The average Bonchev–Trinajstić information content (AvgIpc) is 3.31. The zero-order valence-electron chi connectivity index (χ0n) is 18.0. The van der Waals surface area contributed by atoms with Crippen LogP contribution in [0.5, 0.6) is 0 Å². The van der Waals surface area contributed by atoms with Crippen LogP contribution in [0, 0.1) is 12.7 Å². The lowest BCUT2D eigenvalue weighted by Gasteiger charge is -2.32. The van der Waals surface area contributed by atoms with Crippen molar-refractivity contribution >= 4 is 29.1 Å². The van der Waals surface area contributed by atoms with E-state index in [0.717, 1.165) is 38.0 Å². The first-order valence-electron chi connectivity index (χ1n) is 11.1. The first kappa shape index (κ1) is 21.3. The van der Waals surface area contributed by atoms with Crippen LogP contribution in [-0.2, 0) is 22.7 Å². The molecule has 3 aliphatic rings. The second kappa shape index (κ2) is 8.41. The SMILES string of the molecule is Cc1ccsc1CN1CCC(c2cc3c(cc2F)C(=O)N(C2CCC(=O)NC2=O)C3)CC1. The van der Waals surface area contributed by atoms with Gasteiger partial charge >= 0.3 is 0 Å². The maximum atomic E-state index is 15.0. The molecule has 0 bridgehead atoms. The van der Waals surface area contributed by atoms with E-state index < -0.39 is 11.9 Å². The molecular formula is C24H26FN3O3S. The van der Waals surface area contributed by atoms with Crippen LogP contribution in [0.25, 0.3) is 0 Å². The van der Waals surface area contributed by atoms with Crippen LogP contribution in [0.3, 0.4) is 0 Å². The predicted molar refractivity (Wildman–Crippen MR) is 119 cm³/mol. The molecule has 3 amide bonds. The third-order valence-electron chi connectivity index (χ3n) is 7.00. The molecule has 1 N–H and O–H groups in total. The minimum absolute atomic E-state index is 0.126. The van der Waals surface area contributed by atoms with Gasteiger partial charge in [-0.1, -0.05) is 6.07 Å². The topological polar surface area (TPSA) is 69.7 Å². The Bertz CT molecular complexity index is 1090. The number of rotatable bonds is 4. The molecule has 1 atom stereocenters. The molecule has 1 aromatic heterocycles. The maximum Gasteiger partial charge on any atom is 0.255 e. The lowest BCUT2D eigenvalue weighted by molar-refractivity contribution is -0.136. The Kier molecular flexibility index (Phi) is 5.59. The zero-order valence-corrected chi connectivity index (χ0v) is 18.8. The molecule has 0 saturated carbocycles. The number of carbonyl (C=O) groups excluding carboxylic acids is 3. The number of halogens is 1. The highest BCUT2D eigenvalue weighted by Gasteiger charge is 2.40. The second-order valence-corrected chi connectivity index (χ2v) is 10.0. The van der Waals surface area contributed by atoms with E-state index in [4.69, 9.17) is 0 Å². The fourth-order valence-electron chi connectivity index (χ4n) is 5.09. The van der Waals surface area contributed by atoms with Crippen LogP contribution in [0.1, 0.15) is 63.5 Å². The molecule has 2 saturated heterocycles. The van der Waals surface area contributed by atoms with Gasteiger partial charge < -0.3 is 4.90 Å². The van der Waals surface area contributed by atoms with Gasteiger partial charge in [0.15, 0.2) is 0 Å². The summed E-state index contributed by atoms with van der Waals surface area (Å²) in [6, 6.07) is 4.65. The highest BCUT2D eigenvalue weighted by atomic mass is 32.1. The van der Waals surface area contributed by atoms with Gasteiger partial charge in [-0.05, 0) is 79.4 Å². The molecule has 5 rings (SSSR count). The minimum atomic E-state index is -0.678. The number of nitrogens with zero attached hydrogens (tertiary/aromatic N) is 2. The van der Waals surface area contributed by atoms with Crippen molar-refractivity contribution in [2.24, 2.45) is 0 Å². The van der Waals surface area contributed by atoms with Crippen LogP contribution in [0.4, 0.5) is 4.39 Å². The molecule has 168 valence electrons. The summed E-state index contributed by atoms with van der Waals surface area (Å²) in [6.45, 7) is 5.19. The van der Waals surface area contributed by atoms with Crippen molar-refractivity contribution in [2.45, 2.75) is 57.7 Å². The van der Waals surface area contributed by atoms with E-state index in [2.05, 4.69) is 28.6 Å². The first-order valence-corrected chi connectivity index (χ1v) is 12.0. The van der Waals surface area contributed by atoms with E-state index >= 15 is 4.39 Å². The number of benzene rings is 1. The van der Waals surface area contributed by atoms with Crippen molar-refractivity contribution in [3.63, 3.8) is 0 Å². The van der Waals surface area contributed by atoms with Gasteiger partial charge in [0, 0.05) is 30.0 Å². The van der Waals surface area contributed by atoms with Crippen molar-refractivity contribution in [3.05, 3.63) is 56.5 Å². The lowest BCUT2D eigenvalue weighted by Crippen LogP contribution is -2.52. The van der Waals surface area contributed by atoms with Crippen molar-refractivity contribution in [1.29, 1.82) is 0 Å². The summed E-state index contributed by atoms with van der Waals surface area (Å²) in [5, 5.41) is 4.42. The Morgan fingerprint density at radius 3 is 2.62 bits per heavy atom. The molecule has 6 nitrogen and oxygen atoms in total. The lowest BCUT2D eigenvalue weighted by atomic mass is 9.87. The third-order valence-corrected chi connectivity index (χ3v) is 8.01. The highest BCUT2D eigenvalue weighted by molar-refractivity contribution is 7.10. The van der Waals surface area contributed by atoms with E-state index in [1.165, 1.54) is 21.4 Å². The number of piperidine rings is 2. The molecule has 4 heterocycles. The van der Waals surface area contributed by atoms with E-state index in [9.17, 15) is 14.4 Å². The maximum absolute atomic E-state index is 15.0. The molecule has 2 fully saturated rings. The van der Waals surface area contributed by atoms with E-state index in [1.807, 2.05) is 6.07 Å². The molecule has 8 heteroatoms. The van der Waals surface area contributed by atoms with Gasteiger partial charge in [-0.3, -0.25) is 24.6 Å². The van der Waals surface area contributed by atoms with Crippen molar-refractivity contribution in [1.82, 2.24) is 15.1 Å². The Labute approximate surface area is 190 Å². The van der Waals surface area contributed by atoms with Crippen LogP contribution < -0.4 is 5.32 Å². The smallest absolute Gasteiger partial charge is 0.255 e. The summed E-state index contributed by atoms with van der Waals surface area (Å²) in [5.41, 5.74) is 3.11. The summed E-state index contributed by atoms with van der Waals surface area (Å²) in [7, 11) is 0. The molecule has 0 radical (unpaired) electrons. The number of hydrogen-bond donors (Lipinski definition) is 1. The summed E-state index contributed by atoms with van der Waals surface area (Å²) in [4.78, 5) is 41.8. The van der Waals surface area contributed by atoms with Gasteiger partial charge in [0.2, 0.25) is 11.8 Å². The van der Waals surface area contributed by atoms with E-state index in [-0.39, 0.29) is 36.5 Å². The molecule has 2 aromatic rings.